The average Bonchev–Trinajstić information content (AvgIpc) is 2.52. The second-order valence-electron chi connectivity index (χ2n) is 1.70. The molecule has 0 radical (unpaired) electrons. The van der Waals surface area contributed by atoms with Crippen molar-refractivity contribution < 1.29 is 9.53 Å². The fourth-order valence-electron chi connectivity index (χ4n) is 0.519. The van der Waals surface area contributed by atoms with Gasteiger partial charge in [-0.1, -0.05) is 15.9 Å². The van der Waals surface area contributed by atoms with Crippen LogP contribution in [-0.4, -0.2) is 22.9 Å². The normalized spacial score (nSPS) is 9.55. The third-order valence-electron chi connectivity index (χ3n) is 0.952. The number of nitrogens with zero attached hydrogens (tertiary/aromatic N) is 1. The number of aromatic nitrogens is 1. The Hall–Kier alpha value is -0.420. The first kappa shape index (κ1) is 8.67. The molecule has 5 heteroatoms. The first-order chi connectivity index (χ1) is 5.34. The molecular formula is C6H6BrNO2S. The zero-order valence-corrected chi connectivity index (χ0v) is 8.02. The van der Waals surface area contributed by atoms with E-state index >= 15 is 0 Å². The van der Waals surface area contributed by atoms with Crippen molar-refractivity contribution in [2.24, 2.45) is 0 Å². The van der Waals surface area contributed by atoms with Crippen LogP contribution in [0.2, 0.25) is 0 Å². The van der Waals surface area contributed by atoms with Crippen LogP contribution < -0.4 is 0 Å². The molecule has 0 saturated carbocycles. The summed E-state index contributed by atoms with van der Waals surface area (Å²) < 4.78 is 4.79. The molecule has 0 amide bonds. The number of esters is 1. The molecule has 1 aromatic heterocycles. The van der Waals surface area contributed by atoms with E-state index in [0.717, 1.165) is 0 Å². The largest absolute Gasteiger partial charge is 0.460 e. The molecule has 0 aliphatic carbocycles. The number of alkyl halides is 1. The van der Waals surface area contributed by atoms with E-state index in [1.54, 1.807) is 10.9 Å². The Morgan fingerprint density at radius 2 is 2.64 bits per heavy atom. The number of ether oxygens (including phenoxy) is 1. The standard InChI is InChI=1S/C6H6BrNO2S/c7-1-2-10-6(9)5-3-11-4-8-5/h3-4H,1-2H2. The van der Waals surface area contributed by atoms with E-state index in [1.807, 2.05) is 0 Å². The minimum Gasteiger partial charge on any atom is -0.460 e. The van der Waals surface area contributed by atoms with E-state index in [2.05, 4.69) is 20.9 Å². The fourth-order valence-corrected chi connectivity index (χ4v) is 1.20. The molecule has 0 unspecified atom stereocenters. The van der Waals surface area contributed by atoms with E-state index in [1.165, 1.54) is 11.3 Å². The van der Waals surface area contributed by atoms with Gasteiger partial charge in [0.05, 0.1) is 5.51 Å². The highest BCUT2D eigenvalue weighted by Gasteiger charge is 2.07. The number of halogens is 1. The molecule has 0 atom stereocenters. The maximum atomic E-state index is 11.0. The van der Waals surface area contributed by atoms with Crippen LogP contribution in [0, 0.1) is 0 Å². The van der Waals surface area contributed by atoms with E-state index in [-0.39, 0.29) is 5.97 Å². The van der Waals surface area contributed by atoms with Crippen LogP contribution in [0.15, 0.2) is 10.9 Å². The molecule has 0 saturated heterocycles. The van der Waals surface area contributed by atoms with Crippen molar-refractivity contribution in [2.75, 3.05) is 11.9 Å². The average molecular weight is 236 g/mol. The van der Waals surface area contributed by atoms with Crippen molar-refractivity contribution in [2.45, 2.75) is 0 Å². The van der Waals surface area contributed by atoms with Crippen molar-refractivity contribution in [1.82, 2.24) is 4.98 Å². The molecule has 0 spiro atoms. The molecule has 60 valence electrons. The van der Waals surface area contributed by atoms with E-state index in [0.29, 0.717) is 17.6 Å². The fraction of sp³-hybridized carbons (Fsp3) is 0.333. The predicted molar refractivity (Wildman–Crippen MR) is 46.2 cm³/mol. The molecule has 0 N–H and O–H groups in total. The highest BCUT2D eigenvalue weighted by Crippen LogP contribution is 2.02. The van der Waals surface area contributed by atoms with E-state index < -0.39 is 0 Å². The summed E-state index contributed by atoms with van der Waals surface area (Å²) in [4.78, 5) is 14.8. The van der Waals surface area contributed by atoms with Gasteiger partial charge in [-0.25, -0.2) is 9.78 Å². The molecule has 0 aromatic carbocycles. The Kier molecular flexibility index (Phi) is 3.51. The monoisotopic (exact) mass is 235 g/mol. The van der Waals surface area contributed by atoms with Crippen molar-refractivity contribution in [1.29, 1.82) is 0 Å². The number of carbonyl (C=O) groups is 1. The van der Waals surface area contributed by atoms with Gasteiger partial charge in [0.25, 0.3) is 0 Å². The highest BCUT2D eigenvalue weighted by molar-refractivity contribution is 9.09. The first-order valence-electron chi connectivity index (χ1n) is 2.96. The topological polar surface area (TPSA) is 39.2 Å². The van der Waals surface area contributed by atoms with Crippen LogP contribution in [0.3, 0.4) is 0 Å². The third-order valence-corrected chi connectivity index (χ3v) is 1.86. The summed E-state index contributed by atoms with van der Waals surface area (Å²) in [5, 5.41) is 2.32. The van der Waals surface area contributed by atoms with Gasteiger partial charge in [-0.15, -0.1) is 11.3 Å². The number of hydrogen-bond acceptors (Lipinski definition) is 4. The lowest BCUT2D eigenvalue weighted by atomic mass is 10.5. The van der Waals surface area contributed by atoms with Crippen LogP contribution >= 0.6 is 27.3 Å². The summed E-state index contributed by atoms with van der Waals surface area (Å²) in [6.07, 6.45) is 0. The molecule has 0 aliphatic rings. The van der Waals surface area contributed by atoms with E-state index in [9.17, 15) is 4.79 Å². The minimum absolute atomic E-state index is 0.356. The van der Waals surface area contributed by atoms with Crippen LogP contribution in [0.1, 0.15) is 10.5 Å². The second kappa shape index (κ2) is 4.46. The van der Waals surface area contributed by atoms with Gasteiger partial charge in [0.15, 0.2) is 5.69 Å². The number of rotatable bonds is 3. The minimum atomic E-state index is -0.356. The summed E-state index contributed by atoms with van der Waals surface area (Å²) >= 11 is 4.52. The lowest BCUT2D eigenvalue weighted by molar-refractivity contribution is 0.0525. The van der Waals surface area contributed by atoms with Gasteiger partial charge in [0.2, 0.25) is 0 Å². The third kappa shape index (κ3) is 2.59. The molecule has 0 aliphatic heterocycles. The summed E-state index contributed by atoms with van der Waals surface area (Å²) in [5.74, 6) is -0.356. The van der Waals surface area contributed by atoms with Gasteiger partial charge in [-0.2, -0.15) is 0 Å². The smallest absolute Gasteiger partial charge is 0.357 e. The molecule has 1 heterocycles. The van der Waals surface area contributed by atoms with Crippen LogP contribution in [0.25, 0.3) is 0 Å². The van der Waals surface area contributed by atoms with Crippen LogP contribution in [-0.2, 0) is 4.74 Å². The maximum Gasteiger partial charge on any atom is 0.357 e. The molecular weight excluding hydrogens is 230 g/mol. The first-order valence-corrected chi connectivity index (χ1v) is 5.02. The Labute approximate surface area is 76.5 Å². The Balaban J connectivity index is 2.43. The molecule has 1 aromatic rings. The van der Waals surface area contributed by atoms with Crippen molar-refractivity contribution in [3.63, 3.8) is 0 Å². The van der Waals surface area contributed by atoms with Crippen LogP contribution in [0.4, 0.5) is 0 Å². The lowest BCUT2D eigenvalue weighted by Gasteiger charge is -1.97. The van der Waals surface area contributed by atoms with Crippen molar-refractivity contribution in [3.05, 3.63) is 16.6 Å². The van der Waals surface area contributed by atoms with Gasteiger partial charge >= 0.3 is 5.97 Å². The molecule has 3 nitrogen and oxygen atoms in total. The Morgan fingerprint density at radius 3 is 3.18 bits per heavy atom. The van der Waals surface area contributed by atoms with E-state index in [4.69, 9.17) is 4.74 Å². The van der Waals surface area contributed by atoms with Crippen molar-refractivity contribution in [3.8, 4) is 0 Å². The molecule has 11 heavy (non-hydrogen) atoms. The Bertz CT molecular complexity index is 224. The predicted octanol–water partition coefficient (Wildman–Crippen LogP) is 1.69. The van der Waals surface area contributed by atoms with Gasteiger partial charge in [-0.05, 0) is 0 Å². The second-order valence-corrected chi connectivity index (χ2v) is 3.21. The zero-order valence-electron chi connectivity index (χ0n) is 5.62. The highest BCUT2D eigenvalue weighted by atomic mass is 79.9. The lowest BCUT2D eigenvalue weighted by Crippen LogP contribution is -2.06. The molecule has 0 fully saturated rings. The van der Waals surface area contributed by atoms with Crippen molar-refractivity contribution >= 4 is 33.2 Å². The number of thiazole rings is 1. The van der Waals surface area contributed by atoms with Gasteiger partial charge in [-0.3, -0.25) is 0 Å². The summed E-state index contributed by atoms with van der Waals surface area (Å²) in [6, 6.07) is 0. The van der Waals surface area contributed by atoms with Gasteiger partial charge in [0, 0.05) is 10.7 Å². The Morgan fingerprint density at radius 1 is 1.82 bits per heavy atom. The quantitative estimate of drug-likeness (QED) is 0.592. The maximum absolute atomic E-state index is 11.0. The summed E-state index contributed by atoms with van der Waals surface area (Å²) in [5.41, 5.74) is 1.99. The van der Waals surface area contributed by atoms with Crippen LogP contribution in [0.5, 0.6) is 0 Å². The number of carbonyl (C=O) groups excluding carboxylic acids is 1. The van der Waals surface area contributed by atoms with Gasteiger partial charge in [0.1, 0.15) is 6.61 Å². The SMILES string of the molecule is O=C(OCCBr)c1cscn1. The summed E-state index contributed by atoms with van der Waals surface area (Å²) in [7, 11) is 0. The molecule has 0 bridgehead atoms. The number of hydrogen-bond donors (Lipinski definition) is 0. The molecule has 1 rings (SSSR count). The zero-order chi connectivity index (χ0) is 8.10. The summed E-state index contributed by atoms with van der Waals surface area (Å²) in [6.45, 7) is 0.385. The van der Waals surface area contributed by atoms with Gasteiger partial charge < -0.3 is 4.74 Å².